The third-order valence-corrected chi connectivity index (χ3v) is 2.49. The highest BCUT2D eigenvalue weighted by Gasteiger charge is 2.16. The number of ether oxygens (including phenoxy) is 1. The molecule has 1 N–H and O–H groups in total. The van der Waals surface area contributed by atoms with Crippen molar-refractivity contribution in [2.24, 2.45) is 0 Å². The Labute approximate surface area is 107 Å². The molecule has 100 valence electrons. The molecule has 1 amide bonds. The number of nitrogens with one attached hydrogen (secondary N) is 1. The molecule has 1 aromatic heterocycles. The highest BCUT2D eigenvalue weighted by Crippen LogP contribution is 2.10. The Bertz CT molecular complexity index is 381. The van der Waals surface area contributed by atoms with Gasteiger partial charge in [-0.25, -0.2) is 4.98 Å². The summed E-state index contributed by atoms with van der Waals surface area (Å²) in [6, 6.07) is 2.77. The predicted octanol–water partition coefficient (Wildman–Crippen LogP) is 2.29. The lowest BCUT2D eigenvalue weighted by molar-refractivity contribution is -0.127. The van der Waals surface area contributed by atoms with Crippen molar-refractivity contribution in [2.75, 3.05) is 0 Å². The molecule has 0 fully saturated rings. The first kappa shape index (κ1) is 14.4. The van der Waals surface area contributed by atoms with E-state index in [0.717, 1.165) is 12.8 Å². The summed E-state index contributed by atoms with van der Waals surface area (Å²) in [7, 11) is 0. The van der Waals surface area contributed by atoms with Crippen LogP contribution in [-0.2, 0) is 4.79 Å². The van der Waals surface area contributed by atoms with Crippen LogP contribution in [-0.4, -0.2) is 23.0 Å². The maximum Gasteiger partial charge on any atom is 0.260 e. The van der Waals surface area contributed by atoms with Gasteiger partial charge < -0.3 is 10.1 Å². The smallest absolute Gasteiger partial charge is 0.260 e. The van der Waals surface area contributed by atoms with Gasteiger partial charge in [0.1, 0.15) is 5.75 Å². The standard InChI is InChI=1S/C13H19FN2O2/c1-4-5-9(2)16-13(17)10(3)18-11-6-7-12(14)15-8-11/h6-10H,4-5H2,1-3H3,(H,16,17). The molecule has 0 saturated carbocycles. The van der Waals surface area contributed by atoms with Gasteiger partial charge in [-0.05, 0) is 32.4 Å². The van der Waals surface area contributed by atoms with E-state index in [1.807, 2.05) is 6.92 Å². The Morgan fingerprint density at radius 2 is 2.22 bits per heavy atom. The first-order valence-corrected chi connectivity index (χ1v) is 6.11. The molecule has 2 unspecified atom stereocenters. The summed E-state index contributed by atoms with van der Waals surface area (Å²) in [4.78, 5) is 15.2. The normalized spacial score (nSPS) is 13.8. The van der Waals surface area contributed by atoms with Crippen molar-refractivity contribution >= 4 is 5.91 Å². The fraction of sp³-hybridized carbons (Fsp3) is 0.538. The van der Waals surface area contributed by atoms with Crippen molar-refractivity contribution in [3.63, 3.8) is 0 Å². The molecule has 4 nitrogen and oxygen atoms in total. The van der Waals surface area contributed by atoms with Gasteiger partial charge in [0.05, 0.1) is 6.20 Å². The van der Waals surface area contributed by atoms with Crippen molar-refractivity contribution in [1.29, 1.82) is 0 Å². The maximum atomic E-state index is 12.6. The van der Waals surface area contributed by atoms with E-state index in [4.69, 9.17) is 4.74 Å². The van der Waals surface area contributed by atoms with Gasteiger partial charge in [0.15, 0.2) is 6.10 Å². The summed E-state index contributed by atoms with van der Waals surface area (Å²) >= 11 is 0. The van der Waals surface area contributed by atoms with Crippen LogP contribution in [0.1, 0.15) is 33.6 Å². The average Bonchev–Trinajstić information content (AvgIpc) is 2.32. The topological polar surface area (TPSA) is 51.2 Å². The molecule has 0 saturated heterocycles. The first-order valence-electron chi connectivity index (χ1n) is 6.11. The van der Waals surface area contributed by atoms with Crippen LogP contribution in [0.4, 0.5) is 4.39 Å². The Morgan fingerprint density at radius 1 is 1.50 bits per heavy atom. The lowest BCUT2D eigenvalue weighted by Crippen LogP contribution is -2.41. The Hall–Kier alpha value is -1.65. The minimum Gasteiger partial charge on any atom is -0.479 e. The van der Waals surface area contributed by atoms with Crippen molar-refractivity contribution in [1.82, 2.24) is 10.3 Å². The molecule has 2 atom stereocenters. The number of aromatic nitrogens is 1. The number of hydrogen-bond donors (Lipinski definition) is 1. The fourth-order valence-corrected chi connectivity index (χ4v) is 1.55. The monoisotopic (exact) mass is 254 g/mol. The van der Waals surface area contributed by atoms with Crippen LogP contribution in [0.25, 0.3) is 0 Å². The summed E-state index contributed by atoms with van der Waals surface area (Å²) in [5.74, 6) is -0.376. The summed E-state index contributed by atoms with van der Waals surface area (Å²) in [5.41, 5.74) is 0. The van der Waals surface area contributed by atoms with E-state index in [-0.39, 0.29) is 11.9 Å². The van der Waals surface area contributed by atoms with E-state index in [1.54, 1.807) is 6.92 Å². The fourth-order valence-electron chi connectivity index (χ4n) is 1.55. The molecule has 0 spiro atoms. The molecule has 0 aliphatic heterocycles. The summed E-state index contributed by atoms with van der Waals surface area (Å²) in [6.45, 7) is 5.66. The quantitative estimate of drug-likeness (QED) is 0.792. The zero-order valence-electron chi connectivity index (χ0n) is 10.9. The van der Waals surface area contributed by atoms with Crippen LogP contribution in [0.5, 0.6) is 5.75 Å². The highest BCUT2D eigenvalue weighted by molar-refractivity contribution is 5.80. The van der Waals surface area contributed by atoms with Gasteiger partial charge in [0.25, 0.3) is 5.91 Å². The number of amides is 1. The van der Waals surface area contributed by atoms with Gasteiger partial charge in [0.2, 0.25) is 5.95 Å². The van der Waals surface area contributed by atoms with E-state index in [9.17, 15) is 9.18 Å². The number of nitrogens with zero attached hydrogens (tertiary/aromatic N) is 1. The maximum absolute atomic E-state index is 12.6. The van der Waals surface area contributed by atoms with E-state index in [1.165, 1.54) is 18.3 Å². The van der Waals surface area contributed by atoms with E-state index >= 15 is 0 Å². The summed E-state index contributed by atoms with van der Waals surface area (Å²) < 4.78 is 18.0. The van der Waals surface area contributed by atoms with E-state index < -0.39 is 12.1 Å². The van der Waals surface area contributed by atoms with Gasteiger partial charge in [-0.1, -0.05) is 13.3 Å². The molecule has 5 heteroatoms. The molecule has 1 rings (SSSR count). The lowest BCUT2D eigenvalue weighted by Gasteiger charge is -2.18. The van der Waals surface area contributed by atoms with Crippen molar-refractivity contribution in [2.45, 2.75) is 45.8 Å². The molecular weight excluding hydrogens is 235 g/mol. The van der Waals surface area contributed by atoms with Crippen LogP contribution >= 0.6 is 0 Å². The van der Waals surface area contributed by atoms with Crippen LogP contribution in [0.2, 0.25) is 0 Å². The van der Waals surface area contributed by atoms with Gasteiger partial charge >= 0.3 is 0 Å². The first-order chi connectivity index (χ1) is 8.52. The summed E-state index contributed by atoms with van der Waals surface area (Å²) in [5, 5.41) is 2.85. The molecule has 0 aromatic carbocycles. The van der Waals surface area contributed by atoms with Crippen LogP contribution in [0.15, 0.2) is 18.3 Å². The number of carbonyl (C=O) groups excluding carboxylic acids is 1. The van der Waals surface area contributed by atoms with Crippen molar-refractivity contribution in [3.8, 4) is 5.75 Å². The summed E-state index contributed by atoms with van der Waals surface area (Å²) in [6.07, 6.45) is 2.57. The molecule has 1 heterocycles. The predicted molar refractivity (Wildman–Crippen MR) is 66.8 cm³/mol. The largest absolute Gasteiger partial charge is 0.479 e. The van der Waals surface area contributed by atoms with Crippen LogP contribution < -0.4 is 10.1 Å². The highest BCUT2D eigenvalue weighted by atomic mass is 19.1. The third-order valence-electron chi connectivity index (χ3n) is 2.49. The van der Waals surface area contributed by atoms with Crippen molar-refractivity contribution < 1.29 is 13.9 Å². The molecule has 0 aliphatic carbocycles. The Balaban J connectivity index is 2.46. The Kier molecular flexibility index (Phi) is 5.55. The van der Waals surface area contributed by atoms with Gasteiger partial charge in [-0.3, -0.25) is 4.79 Å². The molecule has 0 bridgehead atoms. The minimum atomic E-state index is -0.628. The molecule has 0 radical (unpaired) electrons. The van der Waals surface area contributed by atoms with Gasteiger partial charge in [-0.2, -0.15) is 4.39 Å². The van der Waals surface area contributed by atoms with Crippen LogP contribution in [0, 0.1) is 5.95 Å². The zero-order chi connectivity index (χ0) is 13.5. The van der Waals surface area contributed by atoms with E-state index in [2.05, 4.69) is 17.2 Å². The minimum absolute atomic E-state index is 0.125. The second kappa shape index (κ2) is 6.93. The van der Waals surface area contributed by atoms with E-state index in [0.29, 0.717) is 5.75 Å². The second-order valence-corrected chi connectivity index (χ2v) is 4.28. The van der Waals surface area contributed by atoms with Crippen LogP contribution in [0.3, 0.4) is 0 Å². The lowest BCUT2D eigenvalue weighted by atomic mass is 10.2. The number of halogens is 1. The molecule has 18 heavy (non-hydrogen) atoms. The third kappa shape index (κ3) is 4.69. The molecule has 0 aliphatic rings. The second-order valence-electron chi connectivity index (χ2n) is 4.28. The number of carbonyl (C=O) groups is 1. The number of hydrogen-bond acceptors (Lipinski definition) is 3. The number of pyridine rings is 1. The number of rotatable bonds is 6. The molecule has 1 aromatic rings. The van der Waals surface area contributed by atoms with Gasteiger partial charge in [-0.15, -0.1) is 0 Å². The Morgan fingerprint density at radius 3 is 2.78 bits per heavy atom. The molecular formula is C13H19FN2O2. The SMILES string of the molecule is CCCC(C)NC(=O)C(C)Oc1ccc(F)nc1. The zero-order valence-corrected chi connectivity index (χ0v) is 10.9. The average molecular weight is 254 g/mol. The van der Waals surface area contributed by atoms with Gasteiger partial charge in [0, 0.05) is 6.04 Å². The van der Waals surface area contributed by atoms with Crippen molar-refractivity contribution in [3.05, 3.63) is 24.3 Å².